The third-order valence-electron chi connectivity index (χ3n) is 5.00. The molecule has 0 saturated carbocycles. The predicted octanol–water partition coefficient (Wildman–Crippen LogP) is 4.29. The third kappa shape index (κ3) is 5.79. The predicted molar refractivity (Wildman–Crippen MR) is 129 cm³/mol. The molecule has 4 rings (SSSR count). The van der Waals surface area contributed by atoms with Gasteiger partial charge in [-0.15, -0.1) is 5.10 Å². The number of aromatic nitrogens is 3. The zero-order valence-electron chi connectivity index (χ0n) is 19.1. The van der Waals surface area contributed by atoms with Crippen LogP contribution in [0, 0.1) is 6.92 Å². The summed E-state index contributed by atoms with van der Waals surface area (Å²) in [5.74, 6) is 1.07. The first kappa shape index (κ1) is 23.0. The number of anilines is 1. The Bertz CT molecular complexity index is 1220. The summed E-state index contributed by atoms with van der Waals surface area (Å²) in [6.07, 6.45) is 0. The van der Waals surface area contributed by atoms with E-state index in [0.29, 0.717) is 30.5 Å². The fourth-order valence-electron chi connectivity index (χ4n) is 3.30. The zero-order chi connectivity index (χ0) is 23.8. The largest absolute Gasteiger partial charge is 0.484 e. The van der Waals surface area contributed by atoms with Crippen molar-refractivity contribution in [2.45, 2.75) is 6.92 Å². The van der Waals surface area contributed by atoms with Gasteiger partial charge in [-0.05, 0) is 48.9 Å². The van der Waals surface area contributed by atoms with Crippen LogP contribution < -0.4 is 14.8 Å². The number of ether oxygens (including phenoxy) is 3. The van der Waals surface area contributed by atoms with Crippen LogP contribution in [0.3, 0.4) is 0 Å². The van der Waals surface area contributed by atoms with E-state index in [2.05, 4.69) is 15.4 Å². The lowest BCUT2D eigenvalue weighted by atomic mass is 10.1. The number of nitrogens with zero attached hydrogens (tertiary/aromatic N) is 3. The quantitative estimate of drug-likeness (QED) is 0.357. The minimum absolute atomic E-state index is 0.0750. The van der Waals surface area contributed by atoms with Crippen LogP contribution in [0.4, 0.5) is 5.69 Å². The molecule has 174 valence electrons. The Hall–Kier alpha value is -4.17. The summed E-state index contributed by atoms with van der Waals surface area (Å²) < 4.78 is 17.9. The van der Waals surface area contributed by atoms with Crippen molar-refractivity contribution in [2.75, 3.05) is 32.2 Å². The zero-order valence-corrected chi connectivity index (χ0v) is 19.1. The molecule has 4 aromatic rings. The third-order valence-corrected chi connectivity index (χ3v) is 5.00. The molecular formula is C26H26N4O4. The molecule has 0 spiro atoms. The number of nitrogens with one attached hydrogen (secondary N) is 1. The van der Waals surface area contributed by atoms with E-state index in [1.807, 2.05) is 73.7 Å². The van der Waals surface area contributed by atoms with Crippen molar-refractivity contribution in [1.29, 1.82) is 0 Å². The molecule has 0 bridgehead atoms. The van der Waals surface area contributed by atoms with Gasteiger partial charge in [0.15, 0.2) is 12.4 Å². The summed E-state index contributed by atoms with van der Waals surface area (Å²) in [7, 11) is 1.61. The molecule has 0 aliphatic carbocycles. The molecule has 0 fully saturated rings. The second kappa shape index (κ2) is 11.1. The molecule has 1 aromatic heterocycles. The number of carbonyl (C=O) groups is 1. The molecule has 0 unspecified atom stereocenters. The number of benzene rings is 3. The minimum Gasteiger partial charge on any atom is -0.484 e. The monoisotopic (exact) mass is 458 g/mol. The van der Waals surface area contributed by atoms with Crippen LogP contribution in [0.25, 0.3) is 17.1 Å². The van der Waals surface area contributed by atoms with Crippen molar-refractivity contribution >= 4 is 11.6 Å². The summed E-state index contributed by atoms with van der Waals surface area (Å²) in [5.41, 5.74) is 3.46. The molecule has 0 aliphatic rings. The van der Waals surface area contributed by atoms with Gasteiger partial charge in [0.2, 0.25) is 0 Å². The number of para-hydroxylation sites is 1. The molecule has 0 saturated heterocycles. The average Bonchev–Trinajstić information content (AvgIpc) is 3.28. The normalized spacial score (nSPS) is 10.6. The molecule has 34 heavy (non-hydrogen) atoms. The van der Waals surface area contributed by atoms with Gasteiger partial charge in [-0.2, -0.15) is 4.98 Å². The van der Waals surface area contributed by atoms with E-state index in [1.54, 1.807) is 23.9 Å². The highest BCUT2D eigenvalue weighted by atomic mass is 16.5. The minimum atomic E-state index is -0.244. The highest BCUT2D eigenvalue weighted by Crippen LogP contribution is 2.26. The molecular weight excluding hydrogens is 432 g/mol. The lowest BCUT2D eigenvalue weighted by molar-refractivity contribution is -0.118. The van der Waals surface area contributed by atoms with Gasteiger partial charge in [0.25, 0.3) is 5.91 Å². The molecule has 8 nitrogen and oxygen atoms in total. The van der Waals surface area contributed by atoms with Crippen molar-refractivity contribution < 1.29 is 19.0 Å². The fraction of sp³-hybridized carbons (Fsp3) is 0.192. The first-order chi connectivity index (χ1) is 16.6. The summed E-state index contributed by atoms with van der Waals surface area (Å²) in [6.45, 7) is 2.74. The topological polar surface area (TPSA) is 87.5 Å². The Kier molecular flexibility index (Phi) is 7.52. The Morgan fingerprint density at radius 3 is 2.38 bits per heavy atom. The van der Waals surface area contributed by atoms with Crippen LogP contribution in [-0.2, 0) is 9.53 Å². The van der Waals surface area contributed by atoms with Gasteiger partial charge >= 0.3 is 6.01 Å². The molecule has 8 heteroatoms. The van der Waals surface area contributed by atoms with E-state index in [0.717, 1.165) is 16.8 Å². The Balaban J connectivity index is 1.50. The summed E-state index contributed by atoms with van der Waals surface area (Å²) in [5, 5.41) is 7.38. The van der Waals surface area contributed by atoms with E-state index in [4.69, 9.17) is 14.2 Å². The van der Waals surface area contributed by atoms with E-state index < -0.39 is 0 Å². The molecule has 1 amide bonds. The lowest BCUT2D eigenvalue weighted by Gasteiger charge is -2.10. The number of carbonyl (C=O) groups excluding carboxylic acids is 1. The molecule has 1 heterocycles. The fourth-order valence-corrected chi connectivity index (χ4v) is 3.30. The standard InChI is InChI=1S/C26H26N4O4/c1-19-8-6-7-11-23(19)25-28-26(33-17-16-32-2)29-30(25)21-14-12-20(13-15-21)27-24(31)18-34-22-9-4-3-5-10-22/h3-15H,16-18H2,1-2H3,(H,27,31). The number of hydrogen-bond acceptors (Lipinski definition) is 6. The van der Waals surface area contributed by atoms with Crippen molar-refractivity contribution in [2.24, 2.45) is 0 Å². The maximum absolute atomic E-state index is 12.3. The van der Waals surface area contributed by atoms with Gasteiger partial charge in [0.05, 0.1) is 12.3 Å². The van der Waals surface area contributed by atoms with Crippen molar-refractivity contribution in [1.82, 2.24) is 14.8 Å². The molecule has 0 radical (unpaired) electrons. The molecule has 0 aliphatic heterocycles. The average molecular weight is 459 g/mol. The van der Waals surface area contributed by atoms with E-state index in [-0.39, 0.29) is 18.5 Å². The highest BCUT2D eigenvalue weighted by molar-refractivity contribution is 5.92. The second-order valence-corrected chi connectivity index (χ2v) is 7.48. The number of hydrogen-bond donors (Lipinski definition) is 1. The van der Waals surface area contributed by atoms with Gasteiger partial charge in [-0.25, -0.2) is 4.68 Å². The van der Waals surface area contributed by atoms with Gasteiger partial charge in [0.1, 0.15) is 12.4 Å². The Morgan fingerprint density at radius 1 is 0.912 bits per heavy atom. The van der Waals surface area contributed by atoms with Crippen molar-refractivity contribution in [3.8, 4) is 28.8 Å². The number of methoxy groups -OCH3 is 1. The Morgan fingerprint density at radius 2 is 1.65 bits per heavy atom. The maximum atomic E-state index is 12.3. The highest BCUT2D eigenvalue weighted by Gasteiger charge is 2.16. The van der Waals surface area contributed by atoms with Crippen LogP contribution >= 0.6 is 0 Å². The Labute approximate surface area is 198 Å². The van der Waals surface area contributed by atoms with E-state index in [1.165, 1.54) is 0 Å². The van der Waals surface area contributed by atoms with Gasteiger partial charge in [0, 0.05) is 18.4 Å². The van der Waals surface area contributed by atoms with Crippen molar-refractivity contribution in [3.05, 3.63) is 84.4 Å². The van der Waals surface area contributed by atoms with Crippen LogP contribution in [0.5, 0.6) is 11.8 Å². The number of rotatable bonds is 10. The summed E-state index contributed by atoms with van der Waals surface area (Å²) in [6, 6.07) is 24.8. The van der Waals surface area contributed by atoms with Crippen LogP contribution in [0.15, 0.2) is 78.9 Å². The number of amides is 1. The SMILES string of the molecule is COCCOc1nc(-c2ccccc2C)n(-c2ccc(NC(=O)COc3ccccc3)cc2)n1. The second-order valence-electron chi connectivity index (χ2n) is 7.48. The van der Waals surface area contributed by atoms with Crippen LogP contribution in [0.2, 0.25) is 0 Å². The summed E-state index contributed by atoms with van der Waals surface area (Å²) >= 11 is 0. The molecule has 3 aromatic carbocycles. The lowest BCUT2D eigenvalue weighted by Crippen LogP contribution is -2.20. The van der Waals surface area contributed by atoms with Crippen molar-refractivity contribution in [3.63, 3.8) is 0 Å². The van der Waals surface area contributed by atoms with Gasteiger partial charge in [-0.3, -0.25) is 4.79 Å². The maximum Gasteiger partial charge on any atom is 0.336 e. The van der Waals surface area contributed by atoms with Gasteiger partial charge < -0.3 is 19.5 Å². The smallest absolute Gasteiger partial charge is 0.336 e. The molecule has 1 N–H and O–H groups in total. The van der Waals surface area contributed by atoms with E-state index >= 15 is 0 Å². The van der Waals surface area contributed by atoms with Crippen LogP contribution in [-0.4, -0.2) is 47.6 Å². The van der Waals surface area contributed by atoms with Crippen LogP contribution in [0.1, 0.15) is 5.56 Å². The summed E-state index contributed by atoms with van der Waals surface area (Å²) in [4.78, 5) is 16.9. The first-order valence-electron chi connectivity index (χ1n) is 10.9. The number of aryl methyl sites for hydroxylation is 1. The van der Waals surface area contributed by atoms with E-state index in [9.17, 15) is 4.79 Å². The molecule has 0 atom stereocenters. The van der Waals surface area contributed by atoms with Gasteiger partial charge in [-0.1, -0.05) is 42.5 Å². The first-order valence-corrected chi connectivity index (χ1v) is 10.9.